The number of aliphatic hydroxyl groups excluding tert-OH is 1. The second-order valence-electron chi connectivity index (χ2n) is 3.76. The number of aliphatic hydroxyl groups is 1. The monoisotopic (exact) mass is 261 g/mol. The minimum atomic E-state index is -4.47. The molecule has 1 aliphatic rings. The Hall–Kier alpha value is -1.60. The fourth-order valence-electron chi connectivity index (χ4n) is 1.68. The van der Waals surface area contributed by atoms with Crippen LogP contribution in [0.25, 0.3) is 0 Å². The molecular weight excluding hydrogens is 251 g/mol. The lowest BCUT2D eigenvalue weighted by Crippen LogP contribution is -2.47. The fourth-order valence-corrected chi connectivity index (χ4v) is 1.68. The highest BCUT2D eigenvalue weighted by Gasteiger charge is 2.33. The molecule has 0 aromatic heterocycles. The van der Waals surface area contributed by atoms with Crippen LogP contribution in [0.3, 0.4) is 0 Å². The summed E-state index contributed by atoms with van der Waals surface area (Å²) < 4.78 is 42.3. The van der Waals surface area contributed by atoms with Gasteiger partial charge in [0, 0.05) is 12.2 Å². The molecule has 1 atom stereocenters. The maximum atomic E-state index is 12.5. The summed E-state index contributed by atoms with van der Waals surface area (Å²) in [5.74, 6) is -0.763. The highest BCUT2D eigenvalue weighted by Crippen LogP contribution is 2.32. The van der Waals surface area contributed by atoms with Crippen LogP contribution >= 0.6 is 0 Å². The molecular formula is C11H10F3NO3. The van der Waals surface area contributed by atoms with E-state index in [4.69, 9.17) is 0 Å². The van der Waals surface area contributed by atoms with Gasteiger partial charge in [-0.1, -0.05) is 6.07 Å². The highest BCUT2D eigenvalue weighted by molar-refractivity contribution is 5.96. The van der Waals surface area contributed by atoms with Crippen molar-refractivity contribution in [2.24, 2.45) is 0 Å². The Morgan fingerprint density at radius 2 is 2.11 bits per heavy atom. The molecule has 2 rings (SSSR count). The number of anilines is 1. The number of amides is 1. The number of benzene rings is 1. The summed E-state index contributed by atoms with van der Waals surface area (Å²) in [5, 5.41) is 9.20. The first-order valence-electron chi connectivity index (χ1n) is 5.18. The Morgan fingerprint density at radius 3 is 2.78 bits per heavy atom. The van der Waals surface area contributed by atoms with E-state index in [1.807, 2.05) is 0 Å². The zero-order chi connectivity index (χ0) is 13.3. The second-order valence-corrected chi connectivity index (χ2v) is 3.76. The molecule has 0 aliphatic carbocycles. The molecule has 1 N–H and O–H groups in total. The Kier molecular flexibility index (Phi) is 3.27. The molecule has 0 saturated carbocycles. The van der Waals surface area contributed by atoms with Crippen molar-refractivity contribution in [3.8, 4) is 0 Å². The van der Waals surface area contributed by atoms with Crippen molar-refractivity contribution >= 4 is 11.6 Å². The van der Waals surface area contributed by atoms with Gasteiger partial charge in [0.15, 0.2) is 0 Å². The van der Waals surface area contributed by atoms with Gasteiger partial charge >= 0.3 is 6.18 Å². The van der Waals surface area contributed by atoms with Gasteiger partial charge in [-0.3, -0.25) is 4.79 Å². The van der Waals surface area contributed by atoms with Gasteiger partial charge in [-0.2, -0.15) is 13.2 Å². The molecule has 0 radical (unpaired) electrons. The molecule has 1 heterocycles. The SMILES string of the molecule is O=C1C(O)OCCN1c1cccc(C(F)(F)F)c1. The van der Waals surface area contributed by atoms with Gasteiger partial charge in [0.05, 0.1) is 12.2 Å². The third kappa shape index (κ3) is 2.46. The second kappa shape index (κ2) is 4.58. The summed E-state index contributed by atoms with van der Waals surface area (Å²) in [7, 11) is 0. The summed E-state index contributed by atoms with van der Waals surface area (Å²) in [5.41, 5.74) is -0.744. The van der Waals surface area contributed by atoms with Gasteiger partial charge in [-0.05, 0) is 18.2 Å². The number of hydrogen-bond acceptors (Lipinski definition) is 3. The van der Waals surface area contributed by atoms with Crippen molar-refractivity contribution in [3.05, 3.63) is 29.8 Å². The van der Waals surface area contributed by atoms with Gasteiger partial charge in [0.1, 0.15) is 0 Å². The quantitative estimate of drug-likeness (QED) is 0.831. The number of nitrogens with zero attached hydrogens (tertiary/aromatic N) is 1. The predicted octanol–water partition coefficient (Wildman–Crippen LogP) is 1.39. The van der Waals surface area contributed by atoms with Crippen LogP contribution in [-0.4, -0.2) is 30.5 Å². The standard InChI is InChI=1S/C11H10F3NO3/c12-11(13,14)7-2-1-3-8(6-7)15-4-5-18-10(17)9(15)16/h1-3,6,10,17H,4-5H2. The Balaban J connectivity index is 2.31. The van der Waals surface area contributed by atoms with E-state index in [0.717, 1.165) is 17.0 Å². The van der Waals surface area contributed by atoms with E-state index in [2.05, 4.69) is 4.74 Å². The molecule has 98 valence electrons. The molecule has 7 heteroatoms. The average Bonchev–Trinajstić information content (AvgIpc) is 2.32. The fraction of sp³-hybridized carbons (Fsp3) is 0.364. The predicted molar refractivity (Wildman–Crippen MR) is 55.8 cm³/mol. The van der Waals surface area contributed by atoms with E-state index < -0.39 is 23.9 Å². The Morgan fingerprint density at radius 1 is 1.39 bits per heavy atom. The number of carbonyl (C=O) groups is 1. The third-order valence-corrected chi connectivity index (χ3v) is 2.55. The summed E-state index contributed by atoms with van der Waals surface area (Å²) in [6.45, 7) is 0.181. The molecule has 1 unspecified atom stereocenters. The van der Waals surface area contributed by atoms with Crippen molar-refractivity contribution < 1.29 is 27.8 Å². The van der Waals surface area contributed by atoms with Crippen molar-refractivity contribution in [3.63, 3.8) is 0 Å². The maximum absolute atomic E-state index is 12.5. The van der Waals surface area contributed by atoms with Gasteiger partial charge in [-0.25, -0.2) is 0 Å². The number of ether oxygens (including phenoxy) is 1. The van der Waals surface area contributed by atoms with E-state index in [0.29, 0.717) is 0 Å². The number of hydrogen-bond donors (Lipinski definition) is 1. The first kappa shape index (κ1) is 12.8. The molecule has 0 spiro atoms. The largest absolute Gasteiger partial charge is 0.416 e. The van der Waals surface area contributed by atoms with Gasteiger partial charge < -0.3 is 14.7 Å². The molecule has 1 amide bonds. The average molecular weight is 261 g/mol. The van der Waals surface area contributed by atoms with E-state index in [9.17, 15) is 23.1 Å². The van der Waals surface area contributed by atoms with Crippen LogP contribution in [-0.2, 0) is 15.7 Å². The Bertz CT molecular complexity index is 461. The first-order valence-corrected chi connectivity index (χ1v) is 5.18. The number of halogens is 3. The van der Waals surface area contributed by atoms with Gasteiger partial charge in [-0.15, -0.1) is 0 Å². The van der Waals surface area contributed by atoms with Crippen LogP contribution in [0, 0.1) is 0 Å². The zero-order valence-corrected chi connectivity index (χ0v) is 9.15. The summed E-state index contributed by atoms with van der Waals surface area (Å²) in [6.07, 6.45) is -6.09. The van der Waals surface area contributed by atoms with Crippen LogP contribution in [0.4, 0.5) is 18.9 Å². The van der Waals surface area contributed by atoms with Crippen molar-refractivity contribution in [2.45, 2.75) is 12.5 Å². The molecule has 1 aliphatic heterocycles. The van der Waals surface area contributed by atoms with Gasteiger partial charge in [0.25, 0.3) is 5.91 Å². The van der Waals surface area contributed by atoms with Crippen LogP contribution in [0.5, 0.6) is 0 Å². The molecule has 1 fully saturated rings. The van der Waals surface area contributed by atoms with Crippen molar-refractivity contribution in [2.75, 3.05) is 18.1 Å². The van der Waals surface area contributed by atoms with E-state index in [1.54, 1.807) is 0 Å². The maximum Gasteiger partial charge on any atom is 0.416 e. The summed E-state index contributed by atoms with van der Waals surface area (Å²) in [4.78, 5) is 12.6. The number of morpholine rings is 1. The topological polar surface area (TPSA) is 49.8 Å². The van der Waals surface area contributed by atoms with Crippen LogP contribution < -0.4 is 4.90 Å². The van der Waals surface area contributed by atoms with Gasteiger partial charge in [0.2, 0.25) is 6.29 Å². The van der Waals surface area contributed by atoms with E-state index in [-0.39, 0.29) is 18.8 Å². The smallest absolute Gasteiger partial charge is 0.360 e. The van der Waals surface area contributed by atoms with Crippen molar-refractivity contribution in [1.82, 2.24) is 0 Å². The molecule has 4 nitrogen and oxygen atoms in total. The van der Waals surface area contributed by atoms with E-state index >= 15 is 0 Å². The molecule has 0 bridgehead atoms. The lowest BCUT2D eigenvalue weighted by atomic mass is 10.1. The zero-order valence-electron chi connectivity index (χ0n) is 9.15. The number of alkyl halides is 3. The lowest BCUT2D eigenvalue weighted by Gasteiger charge is -2.30. The third-order valence-electron chi connectivity index (χ3n) is 2.55. The summed E-state index contributed by atoms with van der Waals surface area (Å²) in [6, 6.07) is 4.39. The molecule has 1 aromatic rings. The molecule has 1 aromatic carbocycles. The minimum absolute atomic E-state index is 0.0726. The number of carbonyl (C=O) groups excluding carboxylic acids is 1. The molecule has 1 saturated heterocycles. The van der Waals surface area contributed by atoms with Crippen LogP contribution in [0.1, 0.15) is 5.56 Å². The van der Waals surface area contributed by atoms with E-state index in [1.165, 1.54) is 12.1 Å². The number of rotatable bonds is 1. The molecule has 18 heavy (non-hydrogen) atoms. The normalized spacial score (nSPS) is 21.2. The van der Waals surface area contributed by atoms with Crippen LogP contribution in [0.15, 0.2) is 24.3 Å². The lowest BCUT2D eigenvalue weighted by molar-refractivity contribution is -0.161. The minimum Gasteiger partial charge on any atom is -0.360 e. The Labute approximate surface area is 101 Å². The van der Waals surface area contributed by atoms with Crippen LogP contribution in [0.2, 0.25) is 0 Å². The van der Waals surface area contributed by atoms with Crippen molar-refractivity contribution in [1.29, 1.82) is 0 Å². The highest BCUT2D eigenvalue weighted by atomic mass is 19.4. The summed E-state index contributed by atoms with van der Waals surface area (Å²) >= 11 is 0. The first-order chi connectivity index (χ1) is 8.39.